The Morgan fingerprint density at radius 3 is 2.18 bits per heavy atom. The average molecular weight is 292 g/mol. The summed E-state index contributed by atoms with van der Waals surface area (Å²) in [7, 11) is 0. The molecule has 2 aliphatic heterocycles. The van der Waals surface area contributed by atoms with Gasteiger partial charge in [-0.25, -0.2) is 0 Å². The Morgan fingerprint density at radius 2 is 1.50 bits per heavy atom. The molecule has 2 aromatic rings. The van der Waals surface area contributed by atoms with Crippen molar-refractivity contribution in [2.75, 3.05) is 6.54 Å². The zero-order valence-corrected chi connectivity index (χ0v) is 12.1. The summed E-state index contributed by atoms with van der Waals surface area (Å²) in [6.07, 6.45) is 0.837. The van der Waals surface area contributed by atoms with Crippen molar-refractivity contribution in [1.82, 2.24) is 10.2 Å². The number of hydrogen-bond acceptors (Lipinski definition) is 3. The van der Waals surface area contributed by atoms with Gasteiger partial charge in [0.05, 0.1) is 11.1 Å². The van der Waals surface area contributed by atoms with Gasteiger partial charge in [-0.1, -0.05) is 36.4 Å². The molecule has 4 heteroatoms. The zero-order chi connectivity index (χ0) is 15.1. The summed E-state index contributed by atoms with van der Waals surface area (Å²) in [4.78, 5) is 26.2. The van der Waals surface area contributed by atoms with E-state index < -0.39 is 0 Å². The number of carbonyl (C=O) groups is 2. The lowest BCUT2D eigenvalue weighted by Crippen LogP contribution is -2.46. The molecule has 2 aromatic carbocycles. The topological polar surface area (TPSA) is 49.4 Å². The third-order valence-corrected chi connectivity index (χ3v) is 4.45. The van der Waals surface area contributed by atoms with Gasteiger partial charge in [0.1, 0.15) is 0 Å². The summed E-state index contributed by atoms with van der Waals surface area (Å²) in [6.45, 7) is 1.20. The maximum absolute atomic E-state index is 12.4. The van der Waals surface area contributed by atoms with Crippen LogP contribution >= 0.6 is 0 Å². The second kappa shape index (κ2) is 5.07. The van der Waals surface area contributed by atoms with Gasteiger partial charge >= 0.3 is 0 Å². The maximum Gasteiger partial charge on any atom is 0.261 e. The summed E-state index contributed by atoms with van der Waals surface area (Å²) in [6, 6.07) is 15.4. The van der Waals surface area contributed by atoms with E-state index in [0.29, 0.717) is 17.7 Å². The van der Waals surface area contributed by atoms with Crippen LogP contribution in [0.2, 0.25) is 0 Å². The lowest BCUT2D eigenvalue weighted by Gasteiger charge is -2.28. The lowest BCUT2D eigenvalue weighted by molar-refractivity contribution is 0.0636. The Morgan fingerprint density at radius 1 is 0.909 bits per heavy atom. The molecule has 0 bridgehead atoms. The standard InChI is InChI=1S/C18H16N2O2/c21-17-15-7-3-4-8-16(15)18(22)20(17)11-14-9-12-5-1-2-6-13(12)10-19-14/h1-8,14,19H,9-11H2. The van der Waals surface area contributed by atoms with E-state index in [1.54, 1.807) is 24.3 Å². The minimum atomic E-state index is -0.179. The molecule has 4 nitrogen and oxygen atoms in total. The molecule has 22 heavy (non-hydrogen) atoms. The summed E-state index contributed by atoms with van der Waals surface area (Å²) in [5.41, 5.74) is 3.62. The van der Waals surface area contributed by atoms with Crippen molar-refractivity contribution in [2.24, 2.45) is 0 Å². The Balaban J connectivity index is 1.54. The lowest BCUT2D eigenvalue weighted by atomic mass is 9.95. The van der Waals surface area contributed by atoms with Crippen molar-refractivity contribution in [3.8, 4) is 0 Å². The van der Waals surface area contributed by atoms with E-state index in [1.165, 1.54) is 16.0 Å². The van der Waals surface area contributed by atoms with E-state index in [-0.39, 0.29) is 17.9 Å². The van der Waals surface area contributed by atoms with Gasteiger partial charge in [-0.2, -0.15) is 0 Å². The quantitative estimate of drug-likeness (QED) is 0.861. The number of fused-ring (bicyclic) bond motifs is 2. The Hall–Kier alpha value is -2.46. The summed E-state index contributed by atoms with van der Waals surface area (Å²) >= 11 is 0. The molecular weight excluding hydrogens is 276 g/mol. The van der Waals surface area contributed by atoms with E-state index in [1.807, 2.05) is 12.1 Å². The molecule has 2 heterocycles. The highest BCUT2D eigenvalue weighted by Crippen LogP contribution is 2.24. The fourth-order valence-electron chi connectivity index (χ4n) is 3.28. The monoisotopic (exact) mass is 292 g/mol. The first-order valence-electron chi connectivity index (χ1n) is 7.49. The van der Waals surface area contributed by atoms with Crippen LogP contribution in [0.3, 0.4) is 0 Å². The molecule has 1 atom stereocenters. The van der Waals surface area contributed by atoms with Gasteiger partial charge in [-0.15, -0.1) is 0 Å². The van der Waals surface area contributed by atoms with E-state index in [4.69, 9.17) is 0 Å². The van der Waals surface area contributed by atoms with Crippen LogP contribution in [0.25, 0.3) is 0 Å². The smallest absolute Gasteiger partial charge is 0.261 e. The Bertz CT molecular complexity index is 734. The molecule has 1 unspecified atom stereocenters. The van der Waals surface area contributed by atoms with Crippen LogP contribution in [0.1, 0.15) is 31.8 Å². The minimum absolute atomic E-state index is 0.108. The number of imide groups is 1. The molecule has 2 aliphatic rings. The van der Waals surface area contributed by atoms with Crippen molar-refractivity contribution >= 4 is 11.8 Å². The SMILES string of the molecule is O=C1c2ccccc2C(=O)N1CC1Cc2ccccc2CN1. The van der Waals surface area contributed by atoms with Crippen molar-refractivity contribution in [3.63, 3.8) is 0 Å². The zero-order valence-electron chi connectivity index (χ0n) is 12.1. The minimum Gasteiger partial charge on any atom is -0.308 e. The van der Waals surface area contributed by atoms with Crippen LogP contribution in [-0.2, 0) is 13.0 Å². The second-order valence-electron chi connectivity index (χ2n) is 5.82. The van der Waals surface area contributed by atoms with Crippen molar-refractivity contribution in [1.29, 1.82) is 0 Å². The first-order valence-corrected chi connectivity index (χ1v) is 7.49. The van der Waals surface area contributed by atoms with Crippen LogP contribution in [0.4, 0.5) is 0 Å². The van der Waals surface area contributed by atoms with Gasteiger partial charge in [0.25, 0.3) is 11.8 Å². The fourth-order valence-corrected chi connectivity index (χ4v) is 3.28. The average Bonchev–Trinajstić information content (AvgIpc) is 2.80. The van der Waals surface area contributed by atoms with E-state index in [2.05, 4.69) is 17.4 Å². The van der Waals surface area contributed by atoms with Gasteiger partial charge < -0.3 is 5.32 Å². The Kier molecular flexibility index (Phi) is 3.05. The largest absolute Gasteiger partial charge is 0.308 e. The first-order chi connectivity index (χ1) is 10.7. The molecule has 0 saturated heterocycles. The first kappa shape index (κ1) is 13.2. The van der Waals surface area contributed by atoms with Crippen LogP contribution in [0.5, 0.6) is 0 Å². The number of nitrogens with one attached hydrogen (secondary N) is 1. The summed E-state index contributed by atoms with van der Waals surface area (Å²) < 4.78 is 0. The number of nitrogens with zero attached hydrogens (tertiary/aromatic N) is 1. The number of rotatable bonds is 2. The number of hydrogen-bond donors (Lipinski definition) is 1. The van der Waals surface area contributed by atoms with Gasteiger partial charge in [-0.3, -0.25) is 14.5 Å². The number of amides is 2. The van der Waals surface area contributed by atoms with Crippen molar-refractivity contribution in [3.05, 3.63) is 70.8 Å². The van der Waals surface area contributed by atoms with E-state index in [9.17, 15) is 9.59 Å². The third-order valence-electron chi connectivity index (χ3n) is 4.45. The number of carbonyl (C=O) groups excluding carboxylic acids is 2. The predicted molar refractivity (Wildman–Crippen MR) is 82.6 cm³/mol. The van der Waals surface area contributed by atoms with Crippen LogP contribution < -0.4 is 5.32 Å². The maximum atomic E-state index is 12.4. The second-order valence-corrected chi connectivity index (χ2v) is 5.82. The normalized spacial score (nSPS) is 20.0. The highest BCUT2D eigenvalue weighted by atomic mass is 16.2. The molecule has 110 valence electrons. The molecule has 0 saturated carbocycles. The molecule has 4 rings (SSSR count). The van der Waals surface area contributed by atoms with Crippen LogP contribution in [-0.4, -0.2) is 29.3 Å². The summed E-state index contributed by atoms with van der Waals surface area (Å²) in [5, 5.41) is 3.42. The predicted octanol–water partition coefficient (Wildman–Crippen LogP) is 2.00. The molecule has 0 aliphatic carbocycles. The van der Waals surface area contributed by atoms with E-state index >= 15 is 0 Å². The molecule has 0 fully saturated rings. The highest BCUT2D eigenvalue weighted by Gasteiger charge is 2.36. The molecular formula is C18H16N2O2. The molecule has 2 amide bonds. The van der Waals surface area contributed by atoms with Gasteiger partial charge in [0.15, 0.2) is 0 Å². The van der Waals surface area contributed by atoms with Gasteiger partial charge in [-0.05, 0) is 29.7 Å². The van der Waals surface area contributed by atoms with Crippen molar-refractivity contribution < 1.29 is 9.59 Å². The van der Waals surface area contributed by atoms with E-state index in [0.717, 1.165) is 13.0 Å². The van der Waals surface area contributed by atoms with Gasteiger partial charge in [0.2, 0.25) is 0 Å². The molecule has 1 N–H and O–H groups in total. The fraction of sp³-hybridized carbons (Fsp3) is 0.222. The highest BCUT2D eigenvalue weighted by molar-refractivity contribution is 6.21. The third kappa shape index (κ3) is 2.04. The van der Waals surface area contributed by atoms with Gasteiger partial charge in [0, 0.05) is 19.1 Å². The van der Waals surface area contributed by atoms with Crippen molar-refractivity contribution in [2.45, 2.75) is 19.0 Å². The molecule has 0 spiro atoms. The summed E-state index contributed by atoms with van der Waals surface area (Å²) in [5.74, 6) is -0.359. The van der Waals surface area contributed by atoms with Crippen LogP contribution in [0, 0.1) is 0 Å². The molecule has 0 radical (unpaired) electrons. The molecule has 0 aromatic heterocycles. The number of benzene rings is 2. The van der Waals surface area contributed by atoms with Crippen LogP contribution in [0.15, 0.2) is 48.5 Å². The Labute approximate surface area is 128 Å².